The Balaban J connectivity index is 2.43. The molecule has 66 valence electrons. The lowest BCUT2D eigenvalue weighted by Gasteiger charge is -2.14. The van der Waals surface area contributed by atoms with Gasteiger partial charge in [0.05, 0.1) is 0 Å². The maximum absolute atomic E-state index is 12.9. The Bertz CT molecular complexity index is 227. The molecule has 1 aliphatic carbocycles. The van der Waals surface area contributed by atoms with Crippen molar-refractivity contribution in [3.8, 4) is 0 Å². The molecule has 2 nitrogen and oxygen atoms in total. The topological polar surface area (TPSA) is 26.3 Å². The van der Waals surface area contributed by atoms with E-state index in [0.29, 0.717) is 18.6 Å². The summed E-state index contributed by atoms with van der Waals surface area (Å²) in [6, 6.07) is 0. The summed E-state index contributed by atoms with van der Waals surface area (Å²) >= 11 is 0. The van der Waals surface area contributed by atoms with Crippen LogP contribution < -0.4 is 0 Å². The van der Waals surface area contributed by atoms with Gasteiger partial charge in [-0.25, -0.2) is 9.18 Å². The van der Waals surface area contributed by atoms with Crippen molar-refractivity contribution in [2.45, 2.75) is 25.7 Å². The number of allylic oxidation sites excluding steroid dienone is 2. The van der Waals surface area contributed by atoms with Crippen LogP contribution in [-0.4, -0.2) is 12.5 Å². The zero-order chi connectivity index (χ0) is 8.81. The average molecular weight is 170 g/mol. The van der Waals surface area contributed by atoms with Crippen LogP contribution in [-0.2, 0) is 9.53 Å². The van der Waals surface area contributed by atoms with Crippen LogP contribution in [0.5, 0.6) is 0 Å². The van der Waals surface area contributed by atoms with Crippen molar-refractivity contribution in [1.82, 2.24) is 0 Å². The summed E-state index contributed by atoms with van der Waals surface area (Å²) in [5, 5.41) is 0. The molecule has 0 unspecified atom stereocenters. The second kappa shape index (κ2) is 4.73. The monoisotopic (exact) mass is 170 g/mol. The maximum Gasteiger partial charge on any atom is 0.137 e. The number of hydrogen-bond acceptors (Lipinski definition) is 2. The molecular formula is C9H11FO2. The Kier molecular flexibility index (Phi) is 3.55. The first-order valence-electron chi connectivity index (χ1n) is 4.04. The van der Waals surface area contributed by atoms with Gasteiger partial charge in [-0.1, -0.05) is 0 Å². The summed E-state index contributed by atoms with van der Waals surface area (Å²) in [6.45, 7) is 0.131. The summed E-state index contributed by atoms with van der Waals surface area (Å²) in [4.78, 5) is 9.76. The molecule has 0 heterocycles. The lowest BCUT2D eigenvalue weighted by Crippen LogP contribution is -2.01. The number of rotatable bonds is 3. The van der Waals surface area contributed by atoms with E-state index in [4.69, 9.17) is 4.74 Å². The molecule has 0 aromatic carbocycles. The molecule has 0 aliphatic heterocycles. The third-order valence-corrected chi connectivity index (χ3v) is 1.78. The molecule has 0 amide bonds. The predicted octanol–water partition coefficient (Wildman–Crippen LogP) is 2.15. The highest BCUT2D eigenvalue weighted by Gasteiger charge is 2.12. The zero-order valence-corrected chi connectivity index (χ0v) is 6.81. The van der Waals surface area contributed by atoms with Crippen molar-refractivity contribution in [1.29, 1.82) is 0 Å². The van der Waals surface area contributed by atoms with Crippen LogP contribution in [0.15, 0.2) is 17.7 Å². The van der Waals surface area contributed by atoms with E-state index >= 15 is 0 Å². The summed E-state index contributed by atoms with van der Waals surface area (Å²) < 4.78 is 17.9. The molecule has 0 saturated carbocycles. The van der Waals surface area contributed by atoms with E-state index in [1.165, 1.54) is 6.08 Å². The summed E-state index contributed by atoms with van der Waals surface area (Å²) in [6.07, 6.45) is 4.18. The first kappa shape index (κ1) is 9.01. The lowest BCUT2D eigenvalue weighted by atomic mass is 10.1. The van der Waals surface area contributed by atoms with E-state index in [1.54, 1.807) is 5.94 Å². The van der Waals surface area contributed by atoms with E-state index in [-0.39, 0.29) is 12.4 Å². The predicted molar refractivity (Wildman–Crippen MR) is 42.8 cm³/mol. The molecule has 0 bridgehead atoms. The average Bonchev–Trinajstić information content (AvgIpc) is 2.09. The van der Waals surface area contributed by atoms with E-state index in [9.17, 15) is 9.18 Å². The number of ether oxygens (including phenoxy) is 1. The normalized spacial score (nSPS) is 17.1. The van der Waals surface area contributed by atoms with Gasteiger partial charge in [0.1, 0.15) is 24.1 Å². The van der Waals surface area contributed by atoms with Crippen LogP contribution in [0.3, 0.4) is 0 Å². The minimum Gasteiger partial charge on any atom is -0.490 e. The van der Waals surface area contributed by atoms with Crippen LogP contribution in [0.25, 0.3) is 0 Å². The van der Waals surface area contributed by atoms with Crippen LogP contribution >= 0.6 is 0 Å². The highest BCUT2D eigenvalue weighted by molar-refractivity contribution is 5.44. The number of halogens is 1. The van der Waals surface area contributed by atoms with Crippen LogP contribution in [0, 0.1) is 0 Å². The summed E-state index contributed by atoms with van der Waals surface area (Å²) in [5.74, 6) is 1.82. The fourth-order valence-corrected chi connectivity index (χ4v) is 1.17. The molecule has 0 atom stereocenters. The van der Waals surface area contributed by atoms with Gasteiger partial charge in [-0.15, -0.1) is 0 Å². The van der Waals surface area contributed by atoms with Gasteiger partial charge in [0, 0.05) is 18.9 Å². The van der Waals surface area contributed by atoms with Gasteiger partial charge >= 0.3 is 0 Å². The molecule has 0 N–H and O–H groups in total. The third kappa shape index (κ3) is 2.51. The quantitative estimate of drug-likeness (QED) is 0.606. The standard InChI is InChI=1S/C9H11FO2/c10-8-4-1-2-5-9(8)12-7-3-6-11/h3H,1-2,4-5,7H2. The highest BCUT2D eigenvalue weighted by Crippen LogP contribution is 2.25. The molecule has 3 heteroatoms. The minimum absolute atomic E-state index is 0.131. The fourth-order valence-electron chi connectivity index (χ4n) is 1.17. The van der Waals surface area contributed by atoms with Crippen molar-refractivity contribution >= 4 is 5.94 Å². The van der Waals surface area contributed by atoms with Gasteiger partial charge < -0.3 is 4.74 Å². The molecule has 0 aromatic heterocycles. The highest BCUT2D eigenvalue weighted by atomic mass is 19.1. The Morgan fingerprint density at radius 3 is 2.92 bits per heavy atom. The van der Waals surface area contributed by atoms with Crippen molar-refractivity contribution in [3.05, 3.63) is 17.7 Å². The number of carbonyl (C=O) groups excluding carboxylic acids is 1. The van der Waals surface area contributed by atoms with Crippen LogP contribution in [0.4, 0.5) is 4.39 Å². The van der Waals surface area contributed by atoms with Gasteiger partial charge in [0.15, 0.2) is 0 Å². The van der Waals surface area contributed by atoms with Crippen LogP contribution in [0.1, 0.15) is 25.7 Å². The van der Waals surface area contributed by atoms with E-state index in [0.717, 1.165) is 12.8 Å². The Morgan fingerprint density at radius 1 is 1.50 bits per heavy atom. The van der Waals surface area contributed by atoms with Gasteiger partial charge in [0.25, 0.3) is 0 Å². The van der Waals surface area contributed by atoms with Crippen molar-refractivity contribution in [2.75, 3.05) is 6.61 Å². The van der Waals surface area contributed by atoms with E-state index in [1.807, 2.05) is 0 Å². The summed E-state index contributed by atoms with van der Waals surface area (Å²) in [7, 11) is 0. The second-order valence-electron chi connectivity index (χ2n) is 2.67. The zero-order valence-electron chi connectivity index (χ0n) is 6.81. The third-order valence-electron chi connectivity index (χ3n) is 1.78. The van der Waals surface area contributed by atoms with Crippen LogP contribution in [0.2, 0.25) is 0 Å². The molecule has 0 radical (unpaired) electrons. The largest absolute Gasteiger partial charge is 0.490 e. The lowest BCUT2D eigenvalue weighted by molar-refractivity contribution is 0.210. The first-order chi connectivity index (χ1) is 5.84. The van der Waals surface area contributed by atoms with E-state index in [2.05, 4.69) is 0 Å². The van der Waals surface area contributed by atoms with Crippen molar-refractivity contribution < 1.29 is 13.9 Å². The molecule has 1 aliphatic rings. The molecule has 0 aromatic rings. The second-order valence-corrected chi connectivity index (χ2v) is 2.67. The Labute approximate surface area is 70.7 Å². The fraction of sp³-hybridized carbons (Fsp3) is 0.556. The Hall–Kier alpha value is -1.08. The molecule has 1 rings (SSSR count). The minimum atomic E-state index is -0.166. The SMILES string of the molecule is O=C=CCOC1=C(F)CCCC1. The van der Waals surface area contributed by atoms with Gasteiger partial charge in [0.2, 0.25) is 0 Å². The van der Waals surface area contributed by atoms with Crippen molar-refractivity contribution in [3.63, 3.8) is 0 Å². The number of hydrogen-bond donors (Lipinski definition) is 0. The maximum atomic E-state index is 12.9. The molecular weight excluding hydrogens is 159 g/mol. The van der Waals surface area contributed by atoms with Gasteiger partial charge in [-0.2, -0.15) is 0 Å². The summed E-state index contributed by atoms with van der Waals surface area (Å²) in [5.41, 5.74) is 0. The molecule has 0 saturated heterocycles. The smallest absolute Gasteiger partial charge is 0.137 e. The van der Waals surface area contributed by atoms with Crippen molar-refractivity contribution in [2.24, 2.45) is 0 Å². The van der Waals surface area contributed by atoms with Gasteiger partial charge in [-0.05, 0) is 12.8 Å². The molecule has 12 heavy (non-hydrogen) atoms. The van der Waals surface area contributed by atoms with Gasteiger partial charge in [-0.3, -0.25) is 0 Å². The molecule has 0 spiro atoms. The molecule has 0 fully saturated rings. The Morgan fingerprint density at radius 2 is 2.25 bits per heavy atom. The van der Waals surface area contributed by atoms with E-state index < -0.39 is 0 Å². The first-order valence-corrected chi connectivity index (χ1v) is 4.04.